The van der Waals surface area contributed by atoms with Crippen molar-refractivity contribution in [1.82, 2.24) is 4.90 Å². The van der Waals surface area contributed by atoms with Gasteiger partial charge in [-0.2, -0.15) is 0 Å². The molecule has 0 saturated carbocycles. The lowest BCUT2D eigenvalue weighted by Crippen LogP contribution is -2.40. The zero-order chi connectivity index (χ0) is 14.8. The first-order chi connectivity index (χ1) is 10.1. The predicted molar refractivity (Wildman–Crippen MR) is 84.5 cm³/mol. The normalized spacial score (nSPS) is 23.5. The Bertz CT molecular complexity index is 529. The van der Waals surface area contributed by atoms with Crippen LogP contribution in [0.1, 0.15) is 36.0 Å². The molecule has 1 aromatic carbocycles. The fraction of sp³-hybridized carbons (Fsp3) is 0.562. The molecular formula is C16H21ClN2O2. The molecule has 2 aliphatic rings. The molecule has 1 unspecified atom stereocenters. The Morgan fingerprint density at radius 1 is 1.19 bits per heavy atom. The second-order valence-electron chi connectivity index (χ2n) is 5.96. The van der Waals surface area contributed by atoms with Crippen molar-refractivity contribution in [3.05, 3.63) is 28.8 Å². The highest BCUT2D eigenvalue weighted by atomic mass is 35.5. The van der Waals surface area contributed by atoms with Gasteiger partial charge in [-0.1, -0.05) is 18.0 Å². The summed E-state index contributed by atoms with van der Waals surface area (Å²) in [5.41, 5.74) is 1.21. The molecule has 114 valence electrons. The maximum absolute atomic E-state index is 11.0. The van der Waals surface area contributed by atoms with Crippen molar-refractivity contribution in [2.24, 2.45) is 0 Å². The third-order valence-corrected chi connectivity index (χ3v) is 4.91. The molecule has 0 amide bonds. The highest BCUT2D eigenvalue weighted by Gasteiger charge is 2.29. The van der Waals surface area contributed by atoms with E-state index in [0.29, 0.717) is 11.1 Å². The monoisotopic (exact) mass is 308 g/mol. The molecule has 2 heterocycles. The molecule has 1 aromatic rings. The van der Waals surface area contributed by atoms with Crippen LogP contribution in [0.2, 0.25) is 5.02 Å². The van der Waals surface area contributed by atoms with Crippen molar-refractivity contribution in [1.29, 1.82) is 0 Å². The lowest BCUT2D eigenvalue weighted by atomic mass is 10.1. The van der Waals surface area contributed by atoms with Gasteiger partial charge in [0, 0.05) is 19.1 Å². The van der Waals surface area contributed by atoms with Gasteiger partial charge >= 0.3 is 5.97 Å². The summed E-state index contributed by atoms with van der Waals surface area (Å²) >= 11 is 6.27. The molecule has 2 aliphatic heterocycles. The lowest BCUT2D eigenvalue weighted by molar-refractivity contribution is 0.0697. The van der Waals surface area contributed by atoms with Crippen molar-refractivity contribution in [2.75, 3.05) is 31.1 Å². The van der Waals surface area contributed by atoms with Gasteiger partial charge in [0.2, 0.25) is 0 Å². The number of anilines is 1. The van der Waals surface area contributed by atoms with Crippen molar-refractivity contribution >= 4 is 23.3 Å². The molecule has 5 heteroatoms. The first-order valence-electron chi connectivity index (χ1n) is 7.67. The van der Waals surface area contributed by atoms with Gasteiger partial charge in [-0.25, -0.2) is 4.79 Å². The highest BCUT2D eigenvalue weighted by molar-refractivity contribution is 6.33. The van der Waals surface area contributed by atoms with E-state index in [2.05, 4.69) is 9.80 Å². The fourth-order valence-corrected chi connectivity index (χ4v) is 3.74. The maximum atomic E-state index is 11.0. The fourth-order valence-electron chi connectivity index (χ4n) is 3.44. The van der Waals surface area contributed by atoms with Crippen LogP contribution in [0.4, 0.5) is 5.69 Å². The Labute approximate surface area is 130 Å². The largest absolute Gasteiger partial charge is 0.478 e. The summed E-state index contributed by atoms with van der Waals surface area (Å²) in [6.07, 6.45) is 5.14. The van der Waals surface area contributed by atoms with E-state index in [1.807, 2.05) is 6.07 Å². The van der Waals surface area contributed by atoms with Crippen LogP contribution < -0.4 is 4.90 Å². The van der Waals surface area contributed by atoms with Crippen LogP contribution >= 0.6 is 11.6 Å². The van der Waals surface area contributed by atoms with Crippen LogP contribution in [0.5, 0.6) is 0 Å². The molecule has 0 spiro atoms. The standard InChI is InChI=1S/C16H21ClN2O2/c17-14-10-12(16(20)21)4-5-15(14)19-9-6-13(11-19)18-7-2-1-3-8-18/h4-5,10,13H,1-3,6-9,11H2,(H,20,21). The number of halogens is 1. The van der Waals surface area contributed by atoms with Crippen molar-refractivity contribution in [3.8, 4) is 0 Å². The van der Waals surface area contributed by atoms with Crippen LogP contribution in [0.3, 0.4) is 0 Å². The summed E-state index contributed by atoms with van der Waals surface area (Å²) in [7, 11) is 0. The van der Waals surface area contributed by atoms with Crippen molar-refractivity contribution in [3.63, 3.8) is 0 Å². The summed E-state index contributed by atoms with van der Waals surface area (Å²) < 4.78 is 0. The van der Waals surface area contributed by atoms with E-state index in [0.717, 1.165) is 25.2 Å². The summed E-state index contributed by atoms with van der Waals surface area (Å²) in [5, 5.41) is 9.54. The molecule has 2 saturated heterocycles. The number of carboxylic acid groups (broad SMARTS) is 1. The number of carboxylic acids is 1. The Morgan fingerprint density at radius 2 is 1.95 bits per heavy atom. The molecule has 0 bridgehead atoms. The third kappa shape index (κ3) is 3.16. The Kier molecular flexibility index (Phi) is 4.36. The van der Waals surface area contributed by atoms with Gasteiger partial charge in [0.25, 0.3) is 0 Å². The van der Waals surface area contributed by atoms with Gasteiger partial charge < -0.3 is 10.0 Å². The van der Waals surface area contributed by atoms with Crippen LogP contribution in [0, 0.1) is 0 Å². The van der Waals surface area contributed by atoms with E-state index in [-0.39, 0.29) is 5.56 Å². The van der Waals surface area contributed by atoms with E-state index < -0.39 is 5.97 Å². The number of carbonyl (C=O) groups is 1. The number of piperidine rings is 1. The lowest BCUT2D eigenvalue weighted by Gasteiger charge is -2.32. The minimum atomic E-state index is -0.934. The number of hydrogen-bond acceptors (Lipinski definition) is 3. The topological polar surface area (TPSA) is 43.8 Å². The van der Waals surface area contributed by atoms with Gasteiger partial charge in [0.1, 0.15) is 0 Å². The number of benzene rings is 1. The second kappa shape index (κ2) is 6.24. The Hall–Kier alpha value is -1.26. The number of aromatic carboxylic acids is 1. The van der Waals surface area contributed by atoms with Gasteiger partial charge in [0.15, 0.2) is 0 Å². The van der Waals surface area contributed by atoms with Crippen LogP contribution in [0.25, 0.3) is 0 Å². The zero-order valence-corrected chi connectivity index (χ0v) is 12.9. The summed E-state index contributed by atoms with van der Waals surface area (Å²) in [6, 6.07) is 5.63. The van der Waals surface area contributed by atoms with E-state index in [9.17, 15) is 4.79 Å². The Balaban J connectivity index is 1.69. The van der Waals surface area contributed by atoms with Gasteiger partial charge in [-0.3, -0.25) is 4.90 Å². The molecule has 0 aromatic heterocycles. The first-order valence-corrected chi connectivity index (χ1v) is 8.05. The average molecular weight is 309 g/mol. The molecule has 1 atom stereocenters. The van der Waals surface area contributed by atoms with Crippen LogP contribution in [-0.2, 0) is 0 Å². The summed E-state index contributed by atoms with van der Waals surface area (Å²) in [6.45, 7) is 4.41. The van der Waals surface area contributed by atoms with E-state index in [4.69, 9.17) is 16.7 Å². The molecule has 1 N–H and O–H groups in total. The van der Waals surface area contributed by atoms with Gasteiger partial charge in [0.05, 0.1) is 16.3 Å². The molecule has 0 radical (unpaired) electrons. The smallest absolute Gasteiger partial charge is 0.335 e. The minimum Gasteiger partial charge on any atom is -0.478 e. The molecule has 0 aliphatic carbocycles. The van der Waals surface area contributed by atoms with Crippen molar-refractivity contribution < 1.29 is 9.90 Å². The maximum Gasteiger partial charge on any atom is 0.335 e. The second-order valence-corrected chi connectivity index (χ2v) is 6.36. The predicted octanol–water partition coefficient (Wildman–Crippen LogP) is 3.10. The number of rotatable bonds is 3. The molecule has 2 fully saturated rings. The number of nitrogens with zero attached hydrogens (tertiary/aromatic N) is 2. The van der Waals surface area contributed by atoms with Gasteiger partial charge in [-0.15, -0.1) is 0 Å². The quantitative estimate of drug-likeness (QED) is 0.932. The summed E-state index contributed by atoms with van der Waals surface area (Å²) in [5.74, 6) is -0.934. The van der Waals surface area contributed by atoms with Crippen LogP contribution in [0.15, 0.2) is 18.2 Å². The summed E-state index contributed by atoms with van der Waals surface area (Å²) in [4.78, 5) is 15.9. The number of likely N-dealkylation sites (tertiary alicyclic amines) is 1. The highest BCUT2D eigenvalue weighted by Crippen LogP contribution is 2.31. The van der Waals surface area contributed by atoms with E-state index in [1.54, 1.807) is 12.1 Å². The average Bonchev–Trinajstić information content (AvgIpc) is 2.97. The van der Waals surface area contributed by atoms with E-state index >= 15 is 0 Å². The molecule has 4 nitrogen and oxygen atoms in total. The first kappa shape index (κ1) is 14.7. The molecule has 3 rings (SSSR count). The van der Waals surface area contributed by atoms with Crippen LogP contribution in [-0.4, -0.2) is 48.2 Å². The molecular weight excluding hydrogens is 288 g/mol. The van der Waals surface area contributed by atoms with Gasteiger partial charge in [-0.05, 0) is 50.6 Å². The zero-order valence-electron chi connectivity index (χ0n) is 12.1. The van der Waals surface area contributed by atoms with E-state index in [1.165, 1.54) is 32.4 Å². The molecule has 21 heavy (non-hydrogen) atoms. The van der Waals surface area contributed by atoms with Crippen molar-refractivity contribution in [2.45, 2.75) is 31.7 Å². The minimum absolute atomic E-state index is 0.246. The third-order valence-electron chi connectivity index (χ3n) is 4.61. The number of hydrogen-bond donors (Lipinski definition) is 1. The Morgan fingerprint density at radius 3 is 2.62 bits per heavy atom. The SMILES string of the molecule is O=C(O)c1ccc(N2CCC(N3CCCCC3)C2)c(Cl)c1.